The smallest absolute Gasteiger partial charge is 0.337 e. The first-order chi connectivity index (χ1) is 13.0. The minimum Gasteiger partial charge on any atom is -0.491 e. The average Bonchev–Trinajstić information content (AvgIpc) is 3.08. The Balaban J connectivity index is 1.46. The summed E-state index contributed by atoms with van der Waals surface area (Å²) in [5.41, 5.74) is 1.46. The Morgan fingerprint density at radius 3 is 2.67 bits per heavy atom. The predicted molar refractivity (Wildman–Crippen MR) is 105 cm³/mol. The predicted octanol–water partition coefficient (Wildman–Crippen LogP) is 2.95. The molecule has 0 radical (unpaired) electrons. The molecule has 1 heterocycles. The summed E-state index contributed by atoms with van der Waals surface area (Å²) in [7, 11) is 3.29. The van der Waals surface area contributed by atoms with Gasteiger partial charge in [0.25, 0.3) is 0 Å². The molecule has 1 aromatic heterocycles. The van der Waals surface area contributed by atoms with Crippen molar-refractivity contribution in [1.29, 1.82) is 0 Å². The molecule has 0 bridgehead atoms. The third-order valence-electron chi connectivity index (χ3n) is 3.98. The monoisotopic (exact) mass is 386 g/mol. The van der Waals surface area contributed by atoms with E-state index in [1.807, 2.05) is 30.1 Å². The summed E-state index contributed by atoms with van der Waals surface area (Å²) in [5, 5.41) is 11.2. The highest BCUT2D eigenvalue weighted by Gasteiger charge is 2.12. The van der Waals surface area contributed by atoms with Crippen LogP contribution in [-0.2, 0) is 11.3 Å². The topological polar surface area (TPSA) is 71.9 Å². The summed E-state index contributed by atoms with van der Waals surface area (Å²) in [6.45, 7) is 1.31. The molecule has 2 aromatic carbocycles. The van der Waals surface area contributed by atoms with Gasteiger partial charge in [-0.25, -0.2) is 9.78 Å². The Morgan fingerprint density at radius 2 is 1.96 bits per heavy atom. The van der Waals surface area contributed by atoms with E-state index in [0.717, 1.165) is 10.5 Å². The van der Waals surface area contributed by atoms with Gasteiger partial charge in [-0.05, 0) is 43.4 Å². The number of carbonyl (C=O) groups excluding carboxylic acids is 1. The Hall–Kier alpha value is -2.48. The van der Waals surface area contributed by atoms with Crippen molar-refractivity contribution < 1.29 is 19.4 Å². The number of methoxy groups -OCH3 is 1. The highest BCUT2D eigenvalue weighted by Crippen LogP contribution is 2.22. The van der Waals surface area contributed by atoms with Gasteiger partial charge in [0.05, 0.1) is 29.4 Å². The van der Waals surface area contributed by atoms with Gasteiger partial charge in [0.15, 0.2) is 0 Å². The molecule has 0 fully saturated rings. The van der Waals surface area contributed by atoms with Crippen LogP contribution in [0.1, 0.15) is 15.4 Å². The lowest BCUT2D eigenvalue weighted by Crippen LogP contribution is -2.32. The van der Waals surface area contributed by atoms with Crippen molar-refractivity contribution in [3.63, 3.8) is 0 Å². The lowest BCUT2D eigenvalue weighted by molar-refractivity contribution is 0.0600. The van der Waals surface area contributed by atoms with Crippen LogP contribution in [0.4, 0.5) is 0 Å². The van der Waals surface area contributed by atoms with Gasteiger partial charge < -0.3 is 14.6 Å². The van der Waals surface area contributed by atoms with Crippen molar-refractivity contribution in [2.45, 2.75) is 12.6 Å². The first kappa shape index (κ1) is 19.3. The van der Waals surface area contributed by atoms with E-state index in [0.29, 0.717) is 24.4 Å². The van der Waals surface area contributed by atoms with E-state index >= 15 is 0 Å². The largest absolute Gasteiger partial charge is 0.491 e. The number of likely N-dealkylation sites (N-methyl/N-ethyl adjacent to an activating group) is 1. The quantitative estimate of drug-likeness (QED) is 0.600. The molecule has 0 aliphatic heterocycles. The van der Waals surface area contributed by atoms with Crippen molar-refractivity contribution in [3.8, 4) is 5.75 Å². The van der Waals surface area contributed by atoms with Gasteiger partial charge in [0.1, 0.15) is 23.5 Å². The average molecular weight is 386 g/mol. The maximum Gasteiger partial charge on any atom is 0.337 e. The van der Waals surface area contributed by atoms with Gasteiger partial charge in [0, 0.05) is 6.54 Å². The van der Waals surface area contributed by atoms with Gasteiger partial charge in [-0.1, -0.05) is 12.1 Å². The molecular weight excluding hydrogens is 364 g/mol. The summed E-state index contributed by atoms with van der Waals surface area (Å²) in [4.78, 5) is 18.0. The maximum absolute atomic E-state index is 11.4. The van der Waals surface area contributed by atoms with Crippen LogP contribution in [-0.4, -0.2) is 54.4 Å². The first-order valence-corrected chi connectivity index (χ1v) is 9.39. The summed E-state index contributed by atoms with van der Waals surface area (Å²) in [5.74, 6) is 0.202. The second-order valence-electron chi connectivity index (χ2n) is 6.25. The van der Waals surface area contributed by atoms with Gasteiger partial charge in [-0.15, -0.1) is 11.3 Å². The van der Waals surface area contributed by atoms with Crippen LogP contribution in [0.15, 0.2) is 48.5 Å². The number of para-hydroxylation sites is 1. The molecule has 27 heavy (non-hydrogen) atoms. The highest BCUT2D eigenvalue weighted by atomic mass is 32.1. The molecule has 0 aliphatic carbocycles. The number of hydrogen-bond acceptors (Lipinski definition) is 7. The number of fused-ring (bicyclic) bond motifs is 1. The fourth-order valence-electron chi connectivity index (χ4n) is 2.69. The molecule has 1 N–H and O–H groups in total. The van der Waals surface area contributed by atoms with Crippen LogP contribution < -0.4 is 4.74 Å². The van der Waals surface area contributed by atoms with Crippen molar-refractivity contribution in [1.82, 2.24) is 9.88 Å². The van der Waals surface area contributed by atoms with E-state index < -0.39 is 12.1 Å². The normalized spacial score (nSPS) is 12.3. The third-order valence-corrected chi connectivity index (χ3v) is 5.00. The van der Waals surface area contributed by atoms with E-state index in [2.05, 4.69) is 15.8 Å². The fourth-order valence-corrected chi connectivity index (χ4v) is 3.74. The Kier molecular flexibility index (Phi) is 6.39. The number of aliphatic hydroxyl groups is 1. The minimum atomic E-state index is -0.635. The minimum absolute atomic E-state index is 0.168. The van der Waals surface area contributed by atoms with Crippen molar-refractivity contribution in [3.05, 3.63) is 59.1 Å². The molecule has 1 atom stereocenters. The Bertz CT molecular complexity index is 861. The van der Waals surface area contributed by atoms with Crippen molar-refractivity contribution >= 4 is 27.5 Å². The molecule has 3 aromatic rings. The number of aromatic nitrogens is 1. The zero-order valence-corrected chi connectivity index (χ0v) is 16.1. The van der Waals surface area contributed by atoms with Gasteiger partial charge in [0.2, 0.25) is 0 Å². The molecule has 3 rings (SSSR count). The second-order valence-corrected chi connectivity index (χ2v) is 7.37. The van der Waals surface area contributed by atoms with Crippen LogP contribution in [0.25, 0.3) is 10.2 Å². The van der Waals surface area contributed by atoms with E-state index in [1.54, 1.807) is 35.6 Å². The number of carbonyl (C=O) groups is 1. The van der Waals surface area contributed by atoms with Gasteiger partial charge in [-0.2, -0.15) is 0 Å². The van der Waals surface area contributed by atoms with Crippen molar-refractivity contribution in [2.24, 2.45) is 0 Å². The molecule has 0 saturated heterocycles. The van der Waals surface area contributed by atoms with E-state index in [4.69, 9.17) is 4.74 Å². The summed E-state index contributed by atoms with van der Waals surface area (Å²) in [6, 6.07) is 14.7. The molecule has 0 saturated carbocycles. The lowest BCUT2D eigenvalue weighted by atomic mass is 10.2. The van der Waals surface area contributed by atoms with Crippen LogP contribution >= 0.6 is 11.3 Å². The highest BCUT2D eigenvalue weighted by molar-refractivity contribution is 7.18. The fraction of sp³-hybridized carbons (Fsp3) is 0.300. The Morgan fingerprint density at radius 1 is 1.22 bits per heavy atom. The number of hydrogen-bond donors (Lipinski definition) is 1. The van der Waals surface area contributed by atoms with E-state index in [-0.39, 0.29) is 6.61 Å². The van der Waals surface area contributed by atoms with Gasteiger partial charge >= 0.3 is 5.97 Å². The first-order valence-electron chi connectivity index (χ1n) is 8.57. The number of ether oxygens (including phenoxy) is 2. The standard InChI is InChI=1S/C20H22N2O4S/c1-22(12-19-21-17-5-3-4-6-18(17)27-19)11-15(23)13-26-16-9-7-14(8-10-16)20(24)25-2/h3-10,15,23H,11-13H2,1-2H3. The van der Waals surface area contributed by atoms with E-state index in [1.165, 1.54) is 11.8 Å². The summed E-state index contributed by atoms with van der Waals surface area (Å²) in [6.07, 6.45) is -0.635. The summed E-state index contributed by atoms with van der Waals surface area (Å²) < 4.78 is 11.4. The van der Waals surface area contributed by atoms with Crippen LogP contribution in [0, 0.1) is 0 Å². The maximum atomic E-state index is 11.4. The molecule has 0 aliphatic rings. The number of nitrogens with zero attached hydrogens (tertiary/aromatic N) is 2. The van der Waals surface area contributed by atoms with Crippen molar-refractivity contribution in [2.75, 3.05) is 27.3 Å². The number of benzene rings is 2. The van der Waals surface area contributed by atoms with Gasteiger partial charge in [-0.3, -0.25) is 4.90 Å². The molecule has 142 valence electrons. The molecule has 6 nitrogen and oxygen atoms in total. The van der Waals surface area contributed by atoms with Crippen LogP contribution in [0.5, 0.6) is 5.75 Å². The number of rotatable bonds is 8. The number of esters is 1. The molecule has 1 unspecified atom stereocenters. The van der Waals surface area contributed by atoms with E-state index in [9.17, 15) is 9.90 Å². The Labute approximate surface area is 162 Å². The molecular formula is C20H22N2O4S. The summed E-state index contributed by atoms with van der Waals surface area (Å²) >= 11 is 1.66. The third kappa shape index (κ3) is 5.26. The second kappa shape index (κ2) is 8.94. The molecule has 7 heteroatoms. The SMILES string of the molecule is COC(=O)c1ccc(OCC(O)CN(C)Cc2nc3ccccc3s2)cc1. The number of aliphatic hydroxyl groups excluding tert-OH is 1. The molecule has 0 spiro atoms. The number of thiazole rings is 1. The lowest BCUT2D eigenvalue weighted by Gasteiger charge is -2.19. The van der Waals surface area contributed by atoms with Crippen LogP contribution in [0.3, 0.4) is 0 Å². The zero-order valence-electron chi connectivity index (χ0n) is 15.3. The van der Waals surface area contributed by atoms with Crippen LogP contribution in [0.2, 0.25) is 0 Å². The molecule has 0 amide bonds. The zero-order chi connectivity index (χ0) is 19.2.